The Labute approximate surface area is 435 Å². The maximum Gasteiger partial charge on any atom is 0.220 e. The van der Waals surface area contributed by atoms with Gasteiger partial charge in [0, 0.05) is 6.42 Å². The lowest BCUT2D eigenvalue weighted by Gasteiger charge is -2.19. The molecule has 0 radical (unpaired) electrons. The third-order valence-corrected chi connectivity index (χ3v) is 12.9. The van der Waals surface area contributed by atoms with Crippen molar-refractivity contribution in [2.45, 2.75) is 283 Å². The molecule has 0 aliphatic heterocycles. The van der Waals surface area contributed by atoms with Crippen LogP contribution in [-0.4, -0.2) is 34.9 Å². The van der Waals surface area contributed by atoms with Gasteiger partial charge in [0.2, 0.25) is 5.91 Å². The number of allylic oxidation sites excluding steroid dienone is 19. The molecule has 0 saturated heterocycles. The van der Waals surface area contributed by atoms with E-state index in [9.17, 15) is 15.0 Å². The van der Waals surface area contributed by atoms with E-state index in [4.69, 9.17) is 0 Å². The van der Waals surface area contributed by atoms with Gasteiger partial charge < -0.3 is 15.5 Å². The van der Waals surface area contributed by atoms with E-state index in [1.165, 1.54) is 167 Å². The quantitative estimate of drug-likeness (QED) is 0.0420. The number of carbonyl (C=O) groups excluding carboxylic acids is 1. The molecule has 4 nitrogen and oxygen atoms in total. The number of nitrogens with one attached hydrogen (secondary N) is 1. The lowest BCUT2D eigenvalue weighted by Crippen LogP contribution is -2.45. The standard InChI is InChI=1S/C66H113NO3/c1-3-5-7-9-11-13-15-17-19-21-23-25-26-27-28-29-30-31-32-33-34-35-36-37-38-39-40-42-44-46-48-50-52-54-56-58-60-62-66(70)67-64(63-68)65(69)61-59-57-55-53-51-49-47-45-43-41-24-22-20-18-16-14-12-10-8-6-4-2/h5,7,11,13,17,19,23,25,27-28,30-31,33-34,36-37,51,53,59,61,64-65,68-69H,3-4,6,8-10,12,14-16,18,20-22,24,26,29,32,35,38-50,52,54-58,60,62-63H2,1-2H3,(H,67,70)/b7-5-,13-11-,19-17-,25-23-,28-27-,31-30-,34-33-,37-36-,53-51+,61-59+. The summed E-state index contributed by atoms with van der Waals surface area (Å²) in [6.45, 7) is 4.19. The minimum atomic E-state index is -0.871. The van der Waals surface area contributed by atoms with Crippen molar-refractivity contribution in [1.29, 1.82) is 0 Å². The topological polar surface area (TPSA) is 69.6 Å². The van der Waals surface area contributed by atoms with Crippen molar-refractivity contribution in [3.05, 3.63) is 122 Å². The van der Waals surface area contributed by atoms with E-state index in [1.54, 1.807) is 6.08 Å². The molecule has 0 aliphatic rings. The van der Waals surface area contributed by atoms with Crippen molar-refractivity contribution in [3.8, 4) is 0 Å². The fraction of sp³-hybridized carbons (Fsp3) is 0.682. The molecule has 4 heteroatoms. The van der Waals surface area contributed by atoms with Crippen LogP contribution in [-0.2, 0) is 4.79 Å². The first-order valence-corrected chi connectivity index (χ1v) is 29.7. The van der Waals surface area contributed by atoms with E-state index < -0.39 is 12.1 Å². The van der Waals surface area contributed by atoms with Gasteiger partial charge in [0.15, 0.2) is 0 Å². The normalized spacial score (nSPS) is 13.7. The maximum atomic E-state index is 12.5. The molecule has 0 spiro atoms. The number of carbonyl (C=O) groups is 1. The van der Waals surface area contributed by atoms with Gasteiger partial charge in [0.05, 0.1) is 18.8 Å². The molecular formula is C66H113NO3. The molecular weight excluding hydrogens is 855 g/mol. The Balaban J connectivity index is 3.59. The van der Waals surface area contributed by atoms with Crippen LogP contribution in [0.25, 0.3) is 0 Å². The number of amides is 1. The molecule has 0 aromatic heterocycles. The van der Waals surface area contributed by atoms with Gasteiger partial charge in [0.1, 0.15) is 0 Å². The molecule has 0 saturated carbocycles. The predicted molar refractivity (Wildman–Crippen MR) is 312 cm³/mol. The van der Waals surface area contributed by atoms with Crippen LogP contribution in [0.3, 0.4) is 0 Å². The van der Waals surface area contributed by atoms with Gasteiger partial charge in [0.25, 0.3) is 0 Å². The second kappa shape index (κ2) is 60.1. The summed E-state index contributed by atoms with van der Waals surface area (Å²) in [5.74, 6) is -0.0789. The van der Waals surface area contributed by atoms with Crippen LogP contribution in [0.4, 0.5) is 0 Å². The highest BCUT2D eigenvalue weighted by molar-refractivity contribution is 5.76. The predicted octanol–water partition coefficient (Wildman–Crippen LogP) is 20.0. The zero-order valence-corrected chi connectivity index (χ0v) is 46.0. The van der Waals surface area contributed by atoms with Crippen molar-refractivity contribution < 1.29 is 15.0 Å². The Morgan fingerprint density at radius 3 is 1.00 bits per heavy atom. The number of hydrogen-bond acceptors (Lipinski definition) is 3. The largest absolute Gasteiger partial charge is 0.394 e. The second-order valence-electron chi connectivity index (χ2n) is 19.7. The van der Waals surface area contributed by atoms with Crippen LogP contribution in [0.5, 0.6) is 0 Å². The van der Waals surface area contributed by atoms with Gasteiger partial charge in [-0.2, -0.15) is 0 Å². The Morgan fingerprint density at radius 2 is 0.643 bits per heavy atom. The maximum absolute atomic E-state index is 12.5. The Bertz CT molecular complexity index is 1380. The molecule has 0 bridgehead atoms. The molecule has 0 rings (SSSR count). The van der Waals surface area contributed by atoms with Crippen LogP contribution in [0.15, 0.2) is 122 Å². The molecule has 2 unspecified atom stereocenters. The second-order valence-corrected chi connectivity index (χ2v) is 19.7. The van der Waals surface area contributed by atoms with Crippen molar-refractivity contribution in [3.63, 3.8) is 0 Å². The molecule has 1 amide bonds. The highest BCUT2D eigenvalue weighted by Gasteiger charge is 2.18. The van der Waals surface area contributed by atoms with Crippen molar-refractivity contribution in [2.75, 3.05) is 6.61 Å². The fourth-order valence-electron chi connectivity index (χ4n) is 8.45. The smallest absolute Gasteiger partial charge is 0.220 e. The van der Waals surface area contributed by atoms with Crippen LogP contribution in [0, 0.1) is 0 Å². The van der Waals surface area contributed by atoms with Gasteiger partial charge in [-0.1, -0.05) is 289 Å². The van der Waals surface area contributed by atoms with Crippen LogP contribution in [0.1, 0.15) is 271 Å². The number of hydrogen-bond donors (Lipinski definition) is 3. The Kier molecular flexibility index (Phi) is 57.3. The molecule has 0 fully saturated rings. The summed E-state index contributed by atoms with van der Waals surface area (Å²) in [5.41, 5.74) is 0. The lowest BCUT2D eigenvalue weighted by atomic mass is 10.0. The minimum Gasteiger partial charge on any atom is -0.394 e. The van der Waals surface area contributed by atoms with Crippen LogP contribution >= 0.6 is 0 Å². The molecule has 70 heavy (non-hydrogen) atoms. The third-order valence-electron chi connectivity index (χ3n) is 12.9. The number of rotatable bonds is 53. The van der Waals surface area contributed by atoms with Gasteiger partial charge in [-0.25, -0.2) is 0 Å². The lowest BCUT2D eigenvalue weighted by molar-refractivity contribution is -0.123. The van der Waals surface area contributed by atoms with E-state index in [-0.39, 0.29) is 12.5 Å². The molecule has 0 aromatic carbocycles. The summed E-state index contributed by atoms with van der Waals surface area (Å²) in [6.07, 6.45) is 92.2. The summed E-state index contributed by atoms with van der Waals surface area (Å²) in [4.78, 5) is 12.5. The summed E-state index contributed by atoms with van der Waals surface area (Å²) in [6, 6.07) is -0.648. The molecule has 0 aromatic rings. The highest BCUT2D eigenvalue weighted by Crippen LogP contribution is 2.16. The highest BCUT2D eigenvalue weighted by atomic mass is 16.3. The van der Waals surface area contributed by atoms with E-state index in [0.717, 1.165) is 83.5 Å². The first kappa shape index (κ1) is 66.8. The summed E-state index contributed by atoms with van der Waals surface area (Å²) >= 11 is 0. The Morgan fingerprint density at radius 1 is 0.357 bits per heavy atom. The third kappa shape index (κ3) is 55.7. The SMILES string of the molecule is CC/C=C\C/C=C\C/C=C\C/C=C\C/C=C\C/C=C\C/C=C\C/C=C\CCCCCCCCCCCCCCC(=O)NC(CO)C(O)/C=C/CC/C=C/CCCCCCCCCCCCCCCCC. The summed E-state index contributed by atoms with van der Waals surface area (Å²) < 4.78 is 0. The average Bonchev–Trinajstić information content (AvgIpc) is 3.36. The van der Waals surface area contributed by atoms with Gasteiger partial charge in [-0.05, 0) is 96.3 Å². The molecule has 3 N–H and O–H groups in total. The van der Waals surface area contributed by atoms with Gasteiger partial charge in [-0.15, -0.1) is 0 Å². The van der Waals surface area contributed by atoms with E-state index in [2.05, 4.69) is 129 Å². The van der Waals surface area contributed by atoms with Crippen molar-refractivity contribution in [1.82, 2.24) is 5.32 Å². The zero-order valence-electron chi connectivity index (χ0n) is 46.0. The Hall–Kier alpha value is -3.21. The number of aliphatic hydroxyl groups excluding tert-OH is 2. The molecule has 2 atom stereocenters. The van der Waals surface area contributed by atoms with Crippen molar-refractivity contribution in [2.24, 2.45) is 0 Å². The zero-order chi connectivity index (χ0) is 50.6. The summed E-state index contributed by atoms with van der Waals surface area (Å²) in [5, 5.41) is 23.2. The first-order chi connectivity index (χ1) is 34.7. The van der Waals surface area contributed by atoms with E-state index in [1.807, 2.05) is 6.08 Å². The van der Waals surface area contributed by atoms with Crippen LogP contribution < -0.4 is 5.32 Å². The molecule has 0 aliphatic carbocycles. The molecule has 400 valence electrons. The van der Waals surface area contributed by atoms with Gasteiger partial charge >= 0.3 is 0 Å². The van der Waals surface area contributed by atoms with Crippen molar-refractivity contribution >= 4 is 5.91 Å². The van der Waals surface area contributed by atoms with Gasteiger partial charge in [-0.3, -0.25) is 4.79 Å². The first-order valence-electron chi connectivity index (χ1n) is 29.7. The molecule has 0 heterocycles. The number of unbranched alkanes of at least 4 members (excludes halogenated alkanes) is 28. The number of aliphatic hydroxyl groups is 2. The van der Waals surface area contributed by atoms with Crippen LogP contribution in [0.2, 0.25) is 0 Å². The average molecular weight is 969 g/mol. The summed E-state index contributed by atoms with van der Waals surface area (Å²) in [7, 11) is 0. The van der Waals surface area contributed by atoms with E-state index in [0.29, 0.717) is 6.42 Å². The minimum absolute atomic E-state index is 0.0789. The van der Waals surface area contributed by atoms with E-state index >= 15 is 0 Å². The monoisotopic (exact) mass is 968 g/mol. The fourth-order valence-corrected chi connectivity index (χ4v) is 8.45.